The Morgan fingerprint density at radius 3 is 1.55 bits per heavy atom. The van der Waals surface area contributed by atoms with Gasteiger partial charge >= 0.3 is 5.97 Å². The number of aliphatic hydroxyl groups excluding tert-OH is 1. The lowest BCUT2D eigenvalue weighted by molar-refractivity contribution is -0.157. The number of rotatable bonds is 41. The van der Waals surface area contributed by atoms with Crippen molar-refractivity contribution < 1.29 is 82.1 Å². The van der Waals surface area contributed by atoms with Crippen molar-refractivity contribution in [1.29, 1.82) is 0 Å². The number of fused-ring (bicyclic) bond motifs is 2. The number of para-hydroxylation sites is 2. The predicted octanol–water partition coefficient (Wildman–Crippen LogP) is -2.63. The zero-order valence-corrected chi connectivity index (χ0v) is 62.1. The third-order valence-electron chi connectivity index (χ3n) is 18.9. The van der Waals surface area contributed by atoms with Crippen molar-refractivity contribution >= 4 is 105 Å². The van der Waals surface area contributed by atoms with Gasteiger partial charge in [-0.25, -0.2) is 4.79 Å². The molecule has 2 aromatic heterocycles. The van der Waals surface area contributed by atoms with Crippen LogP contribution >= 0.6 is 0 Å². The Kier molecular flexibility index (Phi) is 34.8. The maximum absolute atomic E-state index is 15.0. The van der Waals surface area contributed by atoms with Gasteiger partial charge in [-0.3, -0.25) is 62.3 Å². The number of benzene rings is 3. The molecule has 24 N–H and O–H groups in total. The number of carbonyl (C=O) groups is 14. The molecule has 0 spiro atoms. The molecule has 1 unspecified atom stereocenters. The third kappa shape index (κ3) is 27.0. The van der Waals surface area contributed by atoms with Crippen LogP contribution < -0.4 is 86.7 Å². The molecule has 3 heterocycles. The predicted molar refractivity (Wildman–Crippen MR) is 401 cm³/mol. The molecule has 0 saturated carbocycles. The van der Waals surface area contributed by atoms with Gasteiger partial charge in [-0.05, 0) is 124 Å². The van der Waals surface area contributed by atoms with Crippen LogP contribution in [0.1, 0.15) is 122 Å². The fraction of sp³-hybridized carbons (Fsp3) is 0.514. The fourth-order valence-corrected chi connectivity index (χ4v) is 12.1. The number of carbonyl (C=O) groups excluding carboxylic acids is 14. The van der Waals surface area contributed by atoms with Crippen LogP contribution in [-0.4, -0.2) is 209 Å². The molecule has 594 valence electrons. The van der Waals surface area contributed by atoms with E-state index in [0.717, 1.165) is 6.42 Å². The molecule has 1 saturated heterocycles. The number of H-pyrrole nitrogens is 2. The molecule has 1 aliphatic rings. The molecule has 5 aromatic rings. The topological polar surface area (TPSA) is 569 Å². The summed E-state index contributed by atoms with van der Waals surface area (Å²) >= 11 is 0. The van der Waals surface area contributed by atoms with E-state index in [0.29, 0.717) is 51.3 Å². The summed E-state index contributed by atoms with van der Waals surface area (Å²) in [6.45, 7) is 6.32. The first-order valence-electron chi connectivity index (χ1n) is 36.7. The highest BCUT2D eigenvalue weighted by Gasteiger charge is 2.40. The fourth-order valence-electron chi connectivity index (χ4n) is 12.1. The number of phenols is 1. The van der Waals surface area contributed by atoms with Crippen molar-refractivity contribution in [2.24, 2.45) is 34.8 Å². The number of amides is 13. The first kappa shape index (κ1) is 86.9. The lowest BCUT2D eigenvalue weighted by Gasteiger charge is -2.30. The Balaban J connectivity index is 1.22. The minimum absolute atomic E-state index is 0.0272. The van der Waals surface area contributed by atoms with Gasteiger partial charge in [-0.2, -0.15) is 0 Å². The lowest BCUT2D eigenvalue weighted by Crippen LogP contribution is -2.62. The number of nitrogens with two attached hydrogens (primary N) is 4. The monoisotopic (exact) mass is 1520 g/mol. The van der Waals surface area contributed by atoms with Gasteiger partial charge in [-0.15, -0.1) is 0 Å². The molecule has 6 rings (SSSR count). The van der Waals surface area contributed by atoms with Gasteiger partial charge in [0.25, 0.3) is 0 Å². The van der Waals surface area contributed by atoms with Crippen LogP contribution in [0.25, 0.3) is 21.8 Å². The number of cyclic esters (lactones) is 1. The number of esters is 1. The summed E-state index contributed by atoms with van der Waals surface area (Å²) in [5, 5.41) is 52.5. The summed E-state index contributed by atoms with van der Waals surface area (Å²) in [5.41, 5.74) is 26.2. The maximum atomic E-state index is 15.0. The minimum atomic E-state index is -1.79. The molecule has 3 aromatic carbocycles. The number of aromatic amines is 2. The van der Waals surface area contributed by atoms with Crippen molar-refractivity contribution in [1.82, 2.24) is 73.8 Å². The van der Waals surface area contributed by atoms with Crippen LogP contribution in [0.3, 0.4) is 0 Å². The SMILES string of the molecule is CCC(C)CCC(=O)N[C@H](CC(N)=O)C(=O)N[C@H](Cc1ccc(O)cc1)C(=O)N[C@H](Cc1c[nH]c2ccccc12)C(=O)N[C@H](CCCN)C(=O)N[C@@H](CCCN)C(=O)NCC(=O)N[C@H](CCCN)C(=O)N[C@@H](Cc1c[nH]c2ccccc12)C(=O)N[C@@H]1C(=O)N[C@@H]([C@@H](C)CC)C(=O)NCC(=O)N[C@@H](CO)C(=O)O[C@@H]1C. The van der Waals surface area contributed by atoms with Crippen LogP contribution in [-0.2, 0) is 91.1 Å². The van der Waals surface area contributed by atoms with Crippen molar-refractivity contribution in [3.05, 3.63) is 102 Å². The van der Waals surface area contributed by atoms with E-state index in [2.05, 4.69) is 73.8 Å². The Morgan fingerprint density at radius 2 is 1.04 bits per heavy atom. The van der Waals surface area contributed by atoms with Gasteiger partial charge in [0.1, 0.15) is 66.2 Å². The first-order valence-corrected chi connectivity index (χ1v) is 36.7. The van der Waals surface area contributed by atoms with Crippen LogP contribution in [0, 0.1) is 11.8 Å². The summed E-state index contributed by atoms with van der Waals surface area (Å²) in [6, 6.07) is 4.75. The average molecular weight is 1520 g/mol. The summed E-state index contributed by atoms with van der Waals surface area (Å²) in [5.74, 6) is -13.2. The number of hydrogen-bond acceptors (Lipinski definition) is 20. The smallest absolute Gasteiger partial charge is 0.331 e. The van der Waals surface area contributed by atoms with Crippen LogP contribution in [0.4, 0.5) is 0 Å². The largest absolute Gasteiger partial charge is 0.508 e. The molecular formula is C74H106N18O17. The number of nitrogens with one attached hydrogen (secondary N) is 14. The highest BCUT2D eigenvalue weighted by Crippen LogP contribution is 2.23. The minimum Gasteiger partial charge on any atom is -0.508 e. The second kappa shape index (κ2) is 43.7. The molecule has 13 amide bonds. The third-order valence-corrected chi connectivity index (χ3v) is 18.9. The van der Waals surface area contributed by atoms with Crippen molar-refractivity contribution in [2.45, 2.75) is 191 Å². The molecule has 0 aliphatic carbocycles. The van der Waals surface area contributed by atoms with Crippen LogP contribution in [0.15, 0.2) is 85.2 Å². The van der Waals surface area contributed by atoms with Crippen molar-refractivity contribution in [2.75, 3.05) is 39.3 Å². The summed E-state index contributed by atoms with van der Waals surface area (Å²) in [7, 11) is 0. The van der Waals surface area contributed by atoms with Gasteiger partial charge < -0.3 is 112 Å². The molecule has 1 aliphatic heterocycles. The quantitative estimate of drug-likeness (QED) is 0.0178. The molecule has 0 radical (unpaired) electrons. The number of hydrogen-bond donors (Lipinski definition) is 20. The maximum Gasteiger partial charge on any atom is 0.331 e. The zero-order chi connectivity index (χ0) is 79.9. The molecule has 1 fully saturated rings. The average Bonchev–Trinajstić information content (AvgIpc) is 1.72. The Morgan fingerprint density at radius 1 is 0.560 bits per heavy atom. The molecule has 35 heteroatoms. The van der Waals surface area contributed by atoms with E-state index in [1.54, 1.807) is 74.8 Å². The van der Waals surface area contributed by atoms with E-state index in [1.807, 2.05) is 13.8 Å². The second-order valence-electron chi connectivity index (χ2n) is 27.3. The van der Waals surface area contributed by atoms with E-state index >= 15 is 0 Å². The lowest BCUT2D eigenvalue weighted by atomic mass is 9.97. The number of primary amides is 1. The number of aliphatic hydroxyl groups is 1. The van der Waals surface area contributed by atoms with E-state index in [-0.39, 0.29) is 95.5 Å². The molecule has 13 atom stereocenters. The van der Waals surface area contributed by atoms with E-state index in [9.17, 15) is 77.3 Å². The zero-order valence-electron chi connectivity index (χ0n) is 62.1. The highest BCUT2D eigenvalue weighted by atomic mass is 16.5. The standard InChI is InChI=1S/C74H106N18O17/c1-6-40(3)22-27-60(96)84-57(34-59(78)95)70(104)88-54(31-43-23-25-46(94)26-24-43)68(102)90-55(32-44-35-79-49-17-10-8-15-47(44)49)69(103)87-53(21-14-30-77)67(101)86-51(19-12-28-75)65(99)81-37-61(97)83-52(20-13-29-76)66(100)89-56(33-45-36-80-50-18-11-9-16-48(45)50)71(105)92-64-42(5)109-74(108)58(39-93)85-62(98)38-82-72(106)63(41(4)7-2)91-73(64)107/h8-11,15-18,23-26,35-36,40-42,51-58,63-64,79-80,93-94H,6-7,12-14,19-22,27-34,37-39,75-77H2,1-5H3,(H2,78,95)(H,81,99)(H,82,106)(H,83,97)(H,84,96)(H,85,98)(H,86,101)(H,87,103)(H,88,104)(H,89,100)(H,90,102)(H,91,107)(H,92,105)/t40?,41-,42+,51-,52+,53+,54+,55+,56-,57+,58-,63-,64-/m0/s1. The summed E-state index contributed by atoms with van der Waals surface area (Å²) in [4.78, 5) is 202. The van der Waals surface area contributed by atoms with Gasteiger partial charge in [0.15, 0.2) is 6.04 Å². The Labute approximate surface area is 630 Å². The number of aromatic nitrogens is 2. The molecule has 109 heavy (non-hydrogen) atoms. The van der Waals surface area contributed by atoms with Gasteiger partial charge in [0.2, 0.25) is 76.8 Å². The Hall–Kier alpha value is -11.0. The summed E-state index contributed by atoms with van der Waals surface area (Å²) in [6.07, 6.45) is 2.15. The number of phenolic OH excluding ortho intramolecular Hbond substituents is 1. The molecular weight excluding hydrogens is 1410 g/mol. The Bertz CT molecular complexity index is 3960. The van der Waals surface area contributed by atoms with Crippen LogP contribution in [0.2, 0.25) is 0 Å². The van der Waals surface area contributed by atoms with E-state index < -0.39 is 181 Å². The normalized spacial score (nSPS) is 18.0. The number of ether oxygens (including phenoxy) is 1. The second-order valence-corrected chi connectivity index (χ2v) is 27.3. The summed E-state index contributed by atoms with van der Waals surface area (Å²) < 4.78 is 5.57. The highest BCUT2D eigenvalue weighted by molar-refractivity contribution is 6.01. The van der Waals surface area contributed by atoms with E-state index in [4.69, 9.17) is 27.7 Å². The molecule has 35 nitrogen and oxygen atoms in total. The molecule has 0 bridgehead atoms. The van der Waals surface area contributed by atoms with Crippen molar-refractivity contribution in [3.63, 3.8) is 0 Å². The first-order chi connectivity index (χ1) is 52.1. The van der Waals surface area contributed by atoms with Crippen molar-refractivity contribution in [3.8, 4) is 5.75 Å². The van der Waals surface area contributed by atoms with Gasteiger partial charge in [0, 0.05) is 59.9 Å². The van der Waals surface area contributed by atoms with E-state index in [1.165, 1.54) is 31.2 Å². The van der Waals surface area contributed by atoms with Crippen LogP contribution in [0.5, 0.6) is 5.75 Å². The number of aromatic hydroxyl groups is 1. The van der Waals surface area contributed by atoms with Gasteiger partial charge in [0.05, 0.1) is 26.1 Å². The van der Waals surface area contributed by atoms with Gasteiger partial charge in [-0.1, -0.05) is 89.1 Å².